The number of hydrogen-bond donors (Lipinski definition) is 2. The molecule has 5 heteroatoms. The minimum atomic E-state index is -0.327. The SMILES string of the molecule is O=C1NC(=O)[C@H](C23CCN(CC2)CC3)N1. The molecule has 4 aliphatic heterocycles. The summed E-state index contributed by atoms with van der Waals surface area (Å²) in [6.07, 6.45) is 3.10. The lowest BCUT2D eigenvalue weighted by Crippen LogP contribution is -2.57. The average Bonchev–Trinajstić information content (AvgIpc) is 2.61. The van der Waals surface area contributed by atoms with E-state index in [0.29, 0.717) is 0 Å². The lowest BCUT2D eigenvalue weighted by atomic mass is 9.67. The van der Waals surface area contributed by atoms with Gasteiger partial charge in [-0.15, -0.1) is 0 Å². The Morgan fingerprint density at radius 3 is 2.20 bits per heavy atom. The first-order valence-electron chi connectivity index (χ1n) is 5.53. The maximum absolute atomic E-state index is 11.7. The number of amides is 3. The van der Waals surface area contributed by atoms with Crippen molar-refractivity contribution in [1.29, 1.82) is 0 Å². The molecule has 4 fully saturated rings. The minimum absolute atomic E-state index is 0.0327. The molecule has 5 nitrogen and oxygen atoms in total. The molecule has 2 bridgehead atoms. The fourth-order valence-electron chi connectivity index (χ4n) is 3.13. The molecular formula is C10H15N3O2. The van der Waals surface area contributed by atoms with Gasteiger partial charge in [-0.3, -0.25) is 10.1 Å². The molecule has 0 aromatic heterocycles. The van der Waals surface area contributed by atoms with Crippen LogP contribution < -0.4 is 10.6 Å². The van der Waals surface area contributed by atoms with Crippen molar-refractivity contribution in [3.05, 3.63) is 0 Å². The topological polar surface area (TPSA) is 61.4 Å². The van der Waals surface area contributed by atoms with Gasteiger partial charge in [-0.05, 0) is 38.9 Å². The highest BCUT2D eigenvalue weighted by molar-refractivity contribution is 6.04. The van der Waals surface area contributed by atoms with Crippen molar-refractivity contribution in [1.82, 2.24) is 15.5 Å². The summed E-state index contributed by atoms with van der Waals surface area (Å²) >= 11 is 0. The Morgan fingerprint density at radius 1 is 1.13 bits per heavy atom. The number of hydrogen-bond acceptors (Lipinski definition) is 3. The van der Waals surface area contributed by atoms with Gasteiger partial charge in [0.1, 0.15) is 6.04 Å². The van der Waals surface area contributed by atoms with Crippen molar-refractivity contribution in [3.63, 3.8) is 0 Å². The van der Waals surface area contributed by atoms with E-state index in [0.717, 1.165) is 38.9 Å². The smallest absolute Gasteiger partial charge is 0.322 e. The van der Waals surface area contributed by atoms with Crippen LogP contribution in [0.2, 0.25) is 0 Å². The second kappa shape index (κ2) is 2.95. The van der Waals surface area contributed by atoms with Crippen LogP contribution in [0.5, 0.6) is 0 Å². The Balaban J connectivity index is 1.85. The molecule has 0 aromatic carbocycles. The van der Waals surface area contributed by atoms with Gasteiger partial charge >= 0.3 is 6.03 Å². The number of carbonyl (C=O) groups is 2. The molecule has 15 heavy (non-hydrogen) atoms. The fourth-order valence-corrected chi connectivity index (χ4v) is 3.13. The highest BCUT2D eigenvalue weighted by atomic mass is 16.2. The fraction of sp³-hybridized carbons (Fsp3) is 0.800. The maximum atomic E-state index is 11.7. The molecule has 0 unspecified atom stereocenters. The third-order valence-corrected chi connectivity index (χ3v) is 4.16. The highest BCUT2D eigenvalue weighted by Crippen LogP contribution is 2.43. The summed E-state index contributed by atoms with van der Waals surface area (Å²) in [5.74, 6) is -0.129. The van der Waals surface area contributed by atoms with Gasteiger partial charge in [0.25, 0.3) is 5.91 Å². The number of nitrogens with one attached hydrogen (secondary N) is 2. The number of rotatable bonds is 1. The van der Waals surface area contributed by atoms with Crippen molar-refractivity contribution < 1.29 is 9.59 Å². The van der Waals surface area contributed by atoms with E-state index in [4.69, 9.17) is 0 Å². The van der Waals surface area contributed by atoms with Gasteiger partial charge in [0.05, 0.1) is 0 Å². The predicted molar refractivity (Wildman–Crippen MR) is 53.2 cm³/mol. The molecular weight excluding hydrogens is 194 g/mol. The van der Waals surface area contributed by atoms with E-state index < -0.39 is 0 Å². The monoisotopic (exact) mass is 209 g/mol. The van der Waals surface area contributed by atoms with E-state index in [1.165, 1.54) is 0 Å². The first-order chi connectivity index (χ1) is 7.20. The van der Waals surface area contributed by atoms with Crippen LogP contribution in [0.4, 0.5) is 4.79 Å². The van der Waals surface area contributed by atoms with Gasteiger partial charge in [-0.2, -0.15) is 0 Å². The van der Waals surface area contributed by atoms with Crippen molar-refractivity contribution in [2.24, 2.45) is 5.41 Å². The van der Waals surface area contributed by atoms with Crippen LogP contribution in [0.1, 0.15) is 19.3 Å². The average molecular weight is 209 g/mol. The number of fused-ring (bicyclic) bond motifs is 3. The second-order valence-electron chi connectivity index (χ2n) is 4.85. The van der Waals surface area contributed by atoms with Crippen LogP contribution in [0.25, 0.3) is 0 Å². The zero-order chi connectivity index (χ0) is 10.5. The zero-order valence-corrected chi connectivity index (χ0v) is 8.58. The molecule has 1 atom stereocenters. The standard InChI is InChI=1S/C10H15N3O2/c14-8-7(11-9(15)12-8)10-1-4-13(5-2-10)6-3-10/h7H,1-6H2,(H2,11,12,14,15)/t7-/m1/s1. The van der Waals surface area contributed by atoms with Crippen molar-refractivity contribution >= 4 is 11.9 Å². The first-order valence-corrected chi connectivity index (χ1v) is 5.53. The van der Waals surface area contributed by atoms with E-state index >= 15 is 0 Å². The lowest BCUT2D eigenvalue weighted by molar-refractivity contribution is -0.125. The molecule has 0 aliphatic carbocycles. The van der Waals surface area contributed by atoms with Crippen LogP contribution in [0.3, 0.4) is 0 Å². The maximum Gasteiger partial charge on any atom is 0.322 e. The molecule has 0 spiro atoms. The Kier molecular flexibility index (Phi) is 1.80. The van der Waals surface area contributed by atoms with Crippen LogP contribution in [-0.4, -0.2) is 42.5 Å². The third kappa shape index (κ3) is 1.26. The van der Waals surface area contributed by atoms with Crippen molar-refractivity contribution in [2.45, 2.75) is 25.3 Å². The molecule has 0 aromatic rings. The van der Waals surface area contributed by atoms with Crippen LogP contribution in [0.15, 0.2) is 0 Å². The van der Waals surface area contributed by atoms with Gasteiger partial charge < -0.3 is 10.2 Å². The van der Waals surface area contributed by atoms with E-state index in [-0.39, 0.29) is 23.4 Å². The van der Waals surface area contributed by atoms with E-state index in [9.17, 15) is 9.59 Å². The minimum Gasteiger partial charge on any atom is -0.325 e. The van der Waals surface area contributed by atoms with Gasteiger partial charge in [-0.25, -0.2) is 4.79 Å². The predicted octanol–water partition coefficient (Wildman–Crippen LogP) is -0.320. The van der Waals surface area contributed by atoms with Gasteiger partial charge in [0.2, 0.25) is 0 Å². The molecule has 0 radical (unpaired) electrons. The molecule has 0 saturated carbocycles. The van der Waals surface area contributed by atoms with Crippen molar-refractivity contribution in [2.75, 3.05) is 19.6 Å². The second-order valence-corrected chi connectivity index (χ2v) is 4.85. The number of imide groups is 1. The van der Waals surface area contributed by atoms with Crippen LogP contribution in [0, 0.1) is 5.41 Å². The quantitative estimate of drug-likeness (QED) is 0.582. The first kappa shape index (κ1) is 9.15. The molecule has 4 saturated heterocycles. The van der Waals surface area contributed by atoms with E-state index in [2.05, 4.69) is 15.5 Å². The molecule has 4 heterocycles. The highest BCUT2D eigenvalue weighted by Gasteiger charge is 2.51. The number of urea groups is 1. The summed E-state index contributed by atoms with van der Waals surface area (Å²) in [6.45, 7) is 3.21. The molecule has 4 rings (SSSR count). The normalized spacial score (nSPS) is 44.0. The van der Waals surface area contributed by atoms with Gasteiger partial charge in [0.15, 0.2) is 0 Å². The summed E-state index contributed by atoms with van der Waals surface area (Å²) in [7, 11) is 0. The zero-order valence-electron chi connectivity index (χ0n) is 8.58. The van der Waals surface area contributed by atoms with Crippen LogP contribution in [-0.2, 0) is 4.79 Å². The number of carbonyl (C=O) groups excluding carboxylic acids is 2. The lowest BCUT2D eigenvalue weighted by Gasteiger charge is -2.50. The van der Waals surface area contributed by atoms with Crippen LogP contribution >= 0.6 is 0 Å². The summed E-state index contributed by atoms with van der Waals surface area (Å²) in [6, 6.07) is -0.611. The van der Waals surface area contributed by atoms with Crippen molar-refractivity contribution in [3.8, 4) is 0 Å². The Morgan fingerprint density at radius 2 is 1.73 bits per heavy atom. The van der Waals surface area contributed by atoms with E-state index in [1.54, 1.807) is 0 Å². The van der Waals surface area contributed by atoms with E-state index in [1.807, 2.05) is 0 Å². The molecule has 3 amide bonds. The summed E-state index contributed by atoms with van der Waals surface area (Å²) in [5.41, 5.74) is 0.0327. The van der Waals surface area contributed by atoms with Gasteiger partial charge in [-0.1, -0.05) is 0 Å². The Bertz CT molecular complexity index is 307. The molecule has 4 aliphatic rings. The summed E-state index contributed by atoms with van der Waals surface area (Å²) in [4.78, 5) is 25.2. The van der Waals surface area contributed by atoms with Gasteiger partial charge in [0, 0.05) is 5.41 Å². The number of nitrogens with zero attached hydrogens (tertiary/aromatic N) is 1. The number of piperidine rings is 3. The largest absolute Gasteiger partial charge is 0.325 e. The Hall–Kier alpha value is -1.10. The molecule has 82 valence electrons. The third-order valence-electron chi connectivity index (χ3n) is 4.16. The summed E-state index contributed by atoms with van der Waals surface area (Å²) < 4.78 is 0. The Labute approximate surface area is 88.2 Å². The summed E-state index contributed by atoms with van der Waals surface area (Å²) in [5, 5.41) is 5.11. The molecule has 2 N–H and O–H groups in total.